The van der Waals surface area contributed by atoms with Crippen LogP contribution in [0.5, 0.6) is 0 Å². The van der Waals surface area contributed by atoms with E-state index >= 15 is 0 Å². The molecule has 0 saturated carbocycles. The largest absolute Gasteiger partial charge is 0.458 e. The fourth-order valence-electron chi connectivity index (χ4n) is 6.14. The standard InChI is InChI=1S/C35H56O13/c1-14-20(2)19-21(3)15-16-22(36)42-25-24-33(18-17-23(41-13)43-24)44-26(27(37)45-30(4,5)6)34(40,28(38)46-31(7,8)9)35(25,48-33)29(39)47-32(10,11)12/h15-16,20-21,23-26,40H,14,17-19H2,1-13H3/b16-15+/t20-,21+,23-,24+,25+,26+,33-,34+,35-/m0/s1. The quantitative estimate of drug-likeness (QED) is 0.197. The molecule has 48 heavy (non-hydrogen) atoms. The molecule has 3 aliphatic heterocycles. The number of fused-ring (bicyclic) bond motifs is 1. The first kappa shape index (κ1) is 39.9. The van der Waals surface area contributed by atoms with Gasteiger partial charge in [-0.2, -0.15) is 0 Å². The second-order valence-electron chi connectivity index (χ2n) is 16.2. The van der Waals surface area contributed by atoms with Gasteiger partial charge in [0.1, 0.15) is 16.8 Å². The van der Waals surface area contributed by atoms with Crippen molar-refractivity contribution in [3.63, 3.8) is 0 Å². The number of carbonyl (C=O) groups excluding carboxylic acids is 4. The second kappa shape index (κ2) is 14.0. The van der Waals surface area contributed by atoms with E-state index in [9.17, 15) is 24.3 Å². The van der Waals surface area contributed by atoms with E-state index in [0.29, 0.717) is 5.92 Å². The van der Waals surface area contributed by atoms with Crippen molar-refractivity contribution < 1.29 is 62.2 Å². The van der Waals surface area contributed by atoms with Crippen LogP contribution in [0.2, 0.25) is 0 Å². The lowest BCUT2D eigenvalue weighted by Crippen LogP contribution is -2.79. The molecule has 9 atom stereocenters. The molecule has 1 N–H and O–H groups in total. The van der Waals surface area contributed by atoms with Crippen molar-refractivity contribution in [2.75, 3.05) is 7.11 Å². The number of allylic oxidation sites excluding steroid dienone is 1. The van der Waals surface area contributed by atoms with Crippen molar-refractivity contribution in [3.8, 4) is 0 Å². The molecule has 0 aromatic rings. The van der Waals surface area contributed by atoms with Crippen LogP contribution in [0.25, 0.3) is 0 Å². The van der Waals surface area contributed by atoms with Gasteiger partial charge in [0.2, 0.25) is 17.5 Å². The minimum atomic E-state index is -3.32. The van der Waals surface area contributed by atoms with Crippen molar-refractivity contribution in [2.45, 2.75) is 167 Å². The van der Waals surface area contributed by atoms with Crippen LogP contribution < -0.4 is 0 Å². The fraction of sp³-hybridized carbons (Fsp3) is 0.829. The van der Waals surface area contributed by atoms with E-state index in [0.717, 1.165) is 12.8 Å². The average Bonchev–Trinajstić information content (AvgIpc) is 3.18. The second-order valence-corrected chi connectivity index (χ2v) is 16.2. The molecule has 2 bridgehead atoms. The highest BCUT2D eigenvalue weighted by atomic mass is 16.8. The Kier molecular flexibility index (Phi) is 11.6. The smallest absolute Gasteiger partial charge is 0.347 e. The highest BCUT2D eigenvalue weighted by Gasteiger charge is 2.87. The summed E-state index contributed by atoms with van der Waals surface area (Å²) in [7, 11) is 1.40. The highest BCUT2D eigenvalue weighted by Crippen LogP contribution is 2.59. The van der Waals surface area contributed by atoms with Gasteiger partial charge in [0.15, 0.2) is 18.5 Å². The van der Waals surface area contributed by atoms with E-state index in [1.807, 2.05) is 6.92 Å². The van der Waals surface area contributed by atoms with Crippen molar-refractivity contribution in [1.82, 2.24) is 0 Å². The zero-order valence-electron chi connectivity index (χ0n) is 30.8. The van der Waals surface area contributed by atoms with E-state index < -0.39 is 82.3 Å². The molecule has 0 unspecified atom stereocenters. The zero-order chi connectivity index (χ0) is 36.7. The third kappa shape index (κ3) is 8.23. The van der Waals surface area contributed by atoms with Gasteiger partial charge in [-0.05, 0) is 80.6 Å². The van der Waals surface area contributed by atoms with Crippen molar-refractivity contribution in [3.05, 3.63) is 12.2 Å². The molecule has 3 heterocycles. The summed E-state index contributed by atoms with van der Waals surface area (Å²) in [4.78, 5) is 56.5. The minimum absolute atomic E-state index is 0.0000886. The molecule has 0 aromatic heterocycles. The summed E-state index contributed by atoms with van der Waals surface area (Å²) in [5, 5.41) is 12.8. The summed E-state index contributed by atoms with van der Waals surface area (Å²) < 4.78 is 47.3. The van der Waals surface area contributed by atoms with Gasteiger partial charge >= 0.3 is 23.9 Å². The Morgan fingerprint density at radius 3 is 2.00 bits per heavy atom. The fourth-order valence-corrected chi connectivity index (χ4v) is 6.14. The molecule has 3 aliphatic rings. The van der Waals surface area contributed by atoms with E-state index in [1.54, 1.807) is 47.6 Å². The highest BCUT2D eigenvalue weighted by molar-refractivity contribution is 6.00. The van der Waals surface area contributed by atoms with Gasteiger partial charge in [-0.25, -0.2) is 19.2 Å². The lowest BCUT2D eigenvalue weighted by molar-refractivity contribution is -0.395. The third-order valence-corrected chi connectivity index (χ3v) is 8.30. The lowest BCUT2D eigenvalue weighted by Gasteiger charge is -2.51. The molecular formula is C35H56O13. The van der Waals surface area contributed by atoms with Gasteiger partial charge in [-0.15, -0.1) is 0 Å². The molecular weight excluding hydrogens is 628 g/mol. The first-order valence-electron chi connectivity index (χ1n) is 16.7. The number of esters is 4. The Bertz CT molecular complexity index is 1240. The Morgan fingerprint density at radius 2 is 1.48 bits per heavy atom. The third-order valence-electron chi connectivity index (χ3n) is 8.30. The number of methoxy groups -OCH3 is 1. The summed E-state index contributed by atoms with van der Waals surface area (Å²) in [6.45, 7) is 20.2. The van der Waals surface area contributed by atoms with Crippen LogP contribution >= 0.6 is 0 Å². The molecule has 13 nitrogen and oxygen atoms in total. The summed E-state index contributed by atoms with van der Waals surface area (Å²) in [6.07, 6.45) is -1.74. The average molecular weight is 685 g/mol. The predicted octanol–water partition coefficient (Wildman–Crippen LogP) is 4.30. The molecule has 3 rings (SSSR count). The maximum atomic E-state index is 14.6. The van der Waals surface area contributed by atoms with Crippen molar-refractivity contribution >= 4 is 23.9 Å². The molecule has 3 saturated heterocycles. The van der Waals surface area contributed by atoms with Crippen LogP contribution in [-0.2, 0) is 57.1 Å². The van der Waals surface area contributed by atoms with Crippen LogP contribution in [-0.4, -0.2) is 94.5 Å². The summed E-state index contributed by atoms with van der Waals surface area (Å²) in [5.74, 6) is -6.48. The van der Waals surface area contributed by atoms with Gasteiger partial charge < -0.3 is 43.0 Å². The number of rotatable bonds is 10. The molecule has 0 aromatic carbocycles. The molecule has 274 valence electrons. The Balaban J connectivity index is 2.32. The molecule has 3 fully saturated rings. The van der Waals surface area contributed by atoms with E-state index in [2.05, 4.69) is 13.8 Å². The van der Waals surface area contributed by atoms with Gasteiger partial charge in [0, 0.05) is 26.0 Å². The summed E-state index contributed by atoms with van der Waals surface area (Å²) in [5.41, 5.74) is -9.82. The molecule has 0 amide bonds. The van der Waals surface area contributed by atoms with Gasteiger partial charge in [-0.3, -0.25) is 0 Å². The summed E-state index contributed by atoms with van der Waals surface area (Å²) >= 11 is 0. The predicted molar refractivity (Wildman–Crippen MR) is 171 cm³/mol. The Labute approximate surface area is 284 Å². The van der Waals surface area contributed by atoms with Gasteiger partial charge in [-0.1, -0.05) is 33.3 Å². The summed E-state index contributed by atoms with van der Waals surface area (Å²) in [6, 6.07) is 0. The van der Waals surface area contributed by atoms with Crippen LogP contribution in [0.3, 0.4) is 0 Å². The number of aliphatic hydroxyl groups is 1. The first-order chi connectivity index (χ1) is 21.8. The van der Waals surface area contributed by atoms with Crippen LogP contribution in [0, 0.1) is 11.8 Å². The maximum absolute atomic E-state index is 14.6. The molecule has 1 spiro atoms. The van der Waals surface area contributed by atoms with Crippen molar-refractivity contribution in [2.24, 2.45) is 11.8 Å². The molecule has 0 aliphatic carbocycles. The monoisotopic (exact) mass is 684 g/mol. The maximum Gasteiger partial charge on any atom is 0.347 e. The van der Waals surface area contributed by atoms with Crippen LogP contribution in [0.15, 0.2) is 12.2 Å². The van der Waals surface area contributed by atoms with Crippen LogP contribution in [0.1, 0.15) is 109 Å². The number of hydrogen-bond acceptors (Lipinski definition) is 13. The molecule has 13 heteroatoms. The minimum Gasteiger partial charge on any atom is -0.458 e. The van der Waals surface area contributed by atoms with E-state index in [1.165, 1.54) is 34.0 Å². The number of ether oxygens (including phenoxy) is 8. The normalized spacial score (nSPS) is 33.4. The zero-order valence-corrected chi connectivity index (χ0v) is 30.8. The van der Waals surface area contributed by atoms with Crippen molar-refractivity contribution in [1.29, 1.82) is 0 Å². The topological polar surface area (TPSA) is 162 Å². The van der Waals surface area contributed by atoms with Gasteiger partial charge in [0.25, 0.3) is 5.60 Å². The lowest BCUT2D eigenvalue weighted by atomic mass is 9.74. The van der Waals surface area contributed by atoms with E-state index in [-0.39, 0.29) is 18.8 Å². The number of hydrogen-bond donors (Lipinski definition) is 1. The van der Waals surface area contributed by atoms with Crippen LogP contribution in [0.4, 0.5) is 0 Å². The van der Waals surface area contributed by atoms with Gasteiger partial charge in [0.05, 0.1) is 0 Å². The Morgan fingerprint density at radius 1 is 0.917 bits per heavy atom. The SMILES string of the molecule is CC[C@H](C)C[C@H](C)/C=C/C(=O)O[C@@H]1[C@H]2O[C@H](OC)CC[C@@]23O[C@H](C(=O)OC(C)(C)C)[C@@](O)(C(=O)OC(C)(C)C)[C@]1(C(=O)OC(C)(C)C)O3. The molecule has 0 radical (unpaired) electrons. The Hall–Kier alpha value is -2.58. The van der Waals surface area contributed by atoms with E-state index in [4.69, 9.17) is 37.9 Å². The first-order valence-corrected chi connectivity index (χ1v) is 16.7. The number of carbonyl (C=O) groups is 4.